The van der Waals surface area contributed by atoms with Crippen molar-refractivity contribution in [2.45, 2.75) is 77.6 Å². The Labute approximate surface area is 168 Å². The number of hydrogen-bond acceptors (Lipinski definition) is 1. The molecule has 0 fully saturated rings. The number of rotatable bonds is 11. The van der Waals surface area contributed by atoms with Crippen LogP contribution in [-0.4, -0.2) is 5.11 Å². The monoisotopic (exact) mass is 301 g/mol. The summed E-state index contributed by atoms with van der Waals surface area (Å²) < 4.78 is 0. The van der Waals surface area contributed by atoms with Crippen molar-refractivity contribution in [2.75, 3.05) is 0 Å². The molecule has 108 valence electrons. The summed E-state index contributed by atoms with van der Waals surface area (Å²) in [7, 11) is 0. The first kappa shape index (κ1) is 20.7. The smallest absolute Gasteiger partial charge is 0.508 e. The van der Waals surface area contributed by atoms with Gasteiger partial charge in [-0.25, -0.2) is 0 Å². The molecular weight excluding hydrogens is 271 g/mol. The largest absolute Gasteiger partial charge is 1.00 e. The minimum atomic E-state index is 0. The van der Waals surface area contributed by atoms with Gasteiger partial charge in [-0.15, -0.1) is 0 Å². The van der Waals surface area contributed by atoms with Crippen LogP contribution in [-0.2, 0) is 6.42 Å². The summed E-state index contributed by atoms with van der Waals surface area (Å²) in [5, 5.41) is 9.65. The Morgan fingerprint density at radius 1 is 0.750 bits per heavy atom. The van der Waals surface area contributed by atoms with Crippen molar-refractivity contribution >= 4 is 0 Å². The van der Waals surface area contributed by atoms with Crippen LogP contribution >= 0.6 is 0 Å². The molecule has 1 aromatic carbocycles. The SMILES string of the molecule is CCCCCCCCCCCCc1ccccc1O.[K+]. The van der Waals surface area contributed by atoms with Crippen LogP contribution in [0.25, 0.3) is 0 Å². The average molecular weight is 302 g/mol. The molecule has 0 bridgehead atoms. The molecule has 0 heterocycles. The minimum Gasteiger partial charge on any atom is -0.508 e. The Balaban J connectivity index is 0.00000361. The molecule has 0 saturated heterocycles. The van der Waals surface area contributed by atoms with Gasteiger partial charge in [0.05, 0.1) is 0 Å². The van der Waals surface area contributed by atoms with Crippen molar-refractivity contribution < 1.29 is 56.5 Å². The summed E-state index contributed by atoms with van der Waals surface area (Å²) in [6, 6.07) is 7.71. The summed E-state index contributed by atoms with van der Waals surface area (Å²) in [4.78, 5) is 0. The second-order valence-electron chi connectivity index (χ2n) is 5.56. The van der Waals surface area contributed by atoms with Crippen molar-refractivity contribution in [1.82, 2.24) is 0 Å². The number of benzene rings is 1. The summed E-state index contributed by atoms with van der Waals surface area (Å²) in [5.41, 5.74) is 1.10. The molecule has 1 N–H and O–H groups in total. The van der Waals surface area contributed by atoms with Crippen molar-refractivity contribution in [3.63, 3.8) is 0 Å². The number of para-hydroxylation sites is 1. The van der Waals surface area contributed by atoms with E-state index >= 15 is 0 Å². The van der Waals surface area contributed by atoms with Gasteiger partial charge in [0.15, 0.2) is 0 Å². The van der Waals surface area contributed by atoms with Gasteiger partial charge in [0.25, 0.3) is 0 Å². The predicted octanol–water partition coefficient (Wildman–Crippen LogP) is 2.86. The number of hydrogen-bond donors (Lipinski definition) is 1. The Bertz CT molecular complexity index is 325. The normalized spacial score (nSPS) is 10.2. The van der Waals surface area contributed by atoms with E-state index in [-0.39, 0.29) is 51.4 Å². The van der Waals surface area contributed by atoms with E-state index in [0.29, 0.717) is 5.75 Å². The zero-order valence-corrected chi connectivity index (χ0v) is 16.7. The molecule has 1 nitrogen and oxygen atoms in total. The first-order valence-electron chi connectivity index (χ1n) is 8.11. The topological polar surface area (TPSA) is 20.2 Å². The van der Waals surface area contributed by atoms with Crippen LogP contribution in [0.1, 0.15) is 76.7 Å². The number of phenolic OH excluding ortho intramolecular Hbond substituents is 1. The number of aromatic hydroxyl groups is 1. The van der Waals surface area contributed by atoms with Crippen LogP contribution < -0.4 is 51.4 Å². The van der Waals surface area contributed by atoms with E-state index in [2.05, 4.69) is 6.92 Å². The van der Waals surface area contributed by atoms with Crippen LogP contribution in [0.15, 0.2) is 24.3 Å². The quantitative estimate of drug-likeness (QED) is 0.492. The Hall–Kier alpha value is 0.656. The molecule has 0 atom stereocenters. The second kappa shape index (κ2) is 14.6. The third-order valence-electron chi connectivity index (χ3n) is 3.79. The van der Waals surface area contributed by atoms with Crippen LogP contribution in [0.5, 0.6) is 5.75 Å². The zero-order valence-electron chi connectivity index (χ0n) is 13.5. The third-order valence-corrected chi connectivity index (χ3v) is 3.79. The van der Waals surface area contributed by atoms with E-state index in [1.165, 1.54) is 64.2 Å². The summed E-state index contributed by atoms with van der Waals surface area (Å²) in [6.07, 6.45) is 14.6. The molecular formula is C18H30KO+. The van der Waals surface area contributed by atoms with Crippen LogP contribution in [0.3, 0.4) is 0 Å². The van der Waals surface area contributed by atoms with E-state index < -0.39 is 0 Å². The van der Waals surface area contributed by atoms with E-state index in [4.69, 9.17) is 0 Å². The molecule has 2 heteroatoms. The van der Waals surface area contributed by atoms with E-state index in [1.807, 2.05) is 18.2 Å². The molecule has 20 heavy (non-hydrogen) atoms. The van der Waals surface area contributed by atoms with Crippen molar-refractivity contribution in [3.8, 4) is 5.75 Å². The summed E-state index contributed by atoms with van der Waals surface area (Å²) in [5.74, 6) is 0.457. The van der Waals surface area contributed by atoms with Crippen LogP contribution in [0.4, 0.5) is 0 Å². The molecule has 1 aromatic rings. The Morgan fingerprint density at radius 3 is 1.80 bits per heavy atom. The van der Waals surface area contributed by atoms with Gasteiger partial charge >= 0.3 is 51.4 Å². The number of phenols is 1. The minimum absolute atomic E-state index is 0. The molecule has 0 spiro atoms. The predicted molar refractivity (Wildman–Crippen MR) is 83.7 cm³/mol. The molecule has 0 aliphatic carbocycles. The maximum Gasteiger partial charge on any atom is 1.00 e. The third kappa shape index (κ3) is 10.4. The van der Waals surface area contributed by atoms with Crippen LogP contribution in [0, 0.1) is 0 Å². The first-order chi connectivity index (χ1) is 9.34. The molecule has 0 unspecified atom stereocenters. The second-order valence-corrected chi connectivity index (χ2v) is 5.56. The van der Waals surface area contributed by atoms with Gasteiger partial charge in [-0.05, 0) is 24.5 Å². The molecule has 0 radical (unpaired) electrons. The van der Waals surface area contributed by atoms with Crippen molar-refractivity contribution in [2.24, 2.45) is 0 Å². The fraction of sp³-hybridized carbons (Fsp3) is 0.667. The van der Waals surface area contributed by atoms with E-state index in [0.717, 1.165) is 12.0 Å². The molecule has 0 aliphatic heterocycles. The van der Waals surface area contributed by atoms with Gasteiger partial charge in [0, 0.05) is 0 Å². The van der Waals surface area contributed by atoms with Gasteiger partial charge in [-0.3, -0.25) is 0 Å². The summed E-state index contributed by atoms with van der Waals surface area (Å²) >= 11 is 0. The Morgan fingerprint density at radius 2 is 1.25 bits per heavy atom. The van der Waals surface area contributed by atoms with E-state index in [1.54, 1.807) is 6.07 Å². The van der Waals surface area contributed by atoms with Crippen LogP contribution in [0.2, 0.25) is 0 Å². The van der Waals surface area contributed by atoms with Gasteiger partial charge in [-0.2, -0.15) is 0 Å². The molecule has 1 rings (SSSR count). The average Bonchev–Trinajstić information content (AvgIpc) is 2.43. The summed E-state index contributed by atoms with van der Waals surface area (Å²) in [6.45, 7) is 2.27. The molecule has 0 amide bonds. The van der Waals surface area contributed by atoms with Gasteiger partial charge in [-0.1, -0.05) is 82.9 Å². The number of aryl methyl sites for hydroxylation is 1. The van der Waals surface area contributed by atoms with Gasteiger partial charge < -0.3 is 5.11 Å². The van der Waals surface area contributed by atoms with E-state index in [9.17, 15) is 5.11 Å². The van der Waals surface area contributed by atoms with Gasteiger partial charge in [0.2, 0.25) is 0 Å². The van der Waals surface area contributed by atoms with Crippen molar-refractivity contribution in [1.29, 1.82) is 0 Å². The maximum atomic E-state index is 9.65. The van der Waals surface area contributed by atoms with Crippen molar-refractivity contribution in [3.05, 3.63) is 29.8 Å². The zero-order chi connectivity index (χ0) is 13.8. The standard InChI is InChI=1S/C18H30O.K/c1-2-3-4-5-6-7-8-9-10-11-14-17-15-12-13-16-18(17)19;/h12-13,15-16,19H,2-11,14H2,1H3;/q;+1. The fourth-order valence-electron chi connectivity index (χ4n) is 2.53. The molecule has 0 saturated carbocycles. The Kier molecular flexibility index (Phi) is 15.1. The first-order valence-corrected chi connectivity index (χ1v) is 8.11. The molecule has 0 aromatic heterocycles. The molecule has 0 aliphatic rings. The maximum absolute atomic E-state index is 9.65. The number of unbranched alkanes of at least 4 members (excludes halogenated alkanes) is 9. The van der Waals surface area contributed by atoms with Gasteiger partial charge in [0.1, 0.15) is 5.75 Å². The fourth-order valence-corrected chi connectivity index (χ4v) is 2.53.